The molecule has 1 aromatic rings. The topological polar surface area (TPSA) is 18.5 Å². The normalized spacial score (nSPS) is 10.3. The summed E-state index contributed by atoms with van der Waals surface area (Å²) >= 11 is 9.73. The summed E-state index contributed by atoms with van der Waals surface area (Å²) in [6.07, 6.45) is 0. The van der Waals surface area contributed by atoms with Crippen molar-refractivity contribution in [2.45, 2.75) is 0 Å². The minimum Gasteiger partial charge on any atom is -0.487 e. The van der Waals surface area contributed by atoms with Crippen molar-refractivity contribution in [3.05, 3.63) is 29.0 Å². The maximum atomic E-state index is 13.2. The zero-order chi connectivity index (χ0) is 11.1. The minimum atomic E-state index is -0.461. The fourth-order valence-electron chi connectivity index (χ4n) is 0.990. The molecule has 5 heteroatoms. The molecule has 0 heterocycles. The minimum absolute atomic E-state index is 0.0774. The molecule has 0 bridgehead atoms. The highest BCUT2D eigenvalue weighted by molar-refractivity contribution is 7.80. The molecule has 0 amide bonds. The molecular weight excluding hydrogens is 239 g/mol. The van der Waals surface area contributed by atoms with Crippen molar-refractivity contribution in [3.63, 3.8) is 0 Å². The van der Waals surface area contributed by atoms with Crippen LogP contribution in [0.3, 0.4) is 0 Å². The molecule has 0 aliphatic carbocycles. The average molecular weight is 251 g/mol. The number of benzene rings is 1. The maximum absolute atomic E-state index is 13.2. The van der Waals surface area contributed by atoms with Gasteiger partial charge in [0, 0.05) is 5.75 Å². The number of para-hydroxylation sites is 1. The van der Waals surface area contributed by atoms with E-state index in [4.69, 9.17) is 21.1 Å². The number of thiol groups is 1. The first-order chi connectivity index (χ1) is 7.25. The Morgan fingerprint density at radius 1 is 1.27 bits per heavy atom. The number of rotatable bonds is 6. The molecular formula is C10H12ClFO2S. The highest BCUT2D eigenvalue weighted by Crippen LogP contribution is 2.26. The first-order valence-corrected chi connectivity index (χ1v) is 5.52. The molecule has 0 radical (unpaired) electrons. The van der Waals surface area contributed by atoms with Crippen molar-refractivity contribution in [1.29, 1.82) is 0 Å². The summed E-state index contributed by atoms with van der Waals surface area (Å²) in [6.45, 7) is 1.22. The molecule has 2 nitrogen and oxygen atoms in total. The molecule has 0 aliphatic heterocycles. The first-order valence-electron chi connectivity index (χ1n) is 4.51. The Bertz CT molecular complexity index is 289. The van der Waals surface area contributed by atoms with Crippen molar-refractivity contribution in [2.75, 3.05) is 25.6 Å². The van der Waals surface area contributed by atoms with Gasteiger partial charge in [0.15, 0.2) is 11.6 Å². The third-order valence-corrected chi connectivity index (χ3v) is 2.11. The van der Waals surface area contributed by atoms with E-state index in [-0.39, 0.29) is 17.4 Å². The fraction of sp³-hybridized carbons (Fsp3) is 0.400. The van der Waals surface area contributed by atoms with Crippen LogP contribution in [0.15, 0.2) is 18.2 Å². The summed E-state index contributed by atoms with van der Waals surface area (Å²) in [6, 6.07) is 4.41. The lowest BCUT2D eigenvalue weighted by Gasteiger charge is -2.08. The van der Waals surface area contributed by atoms with Crippen LogP contribution in [0.2, 0.25) is 5.02 Å². The SMILES string of the molecule is Fc1cccc(Cl)c1OCCOCCS. The molecule has 0 aromatic heterocycles. The number of hydrogen-bond donors (Lipinski definition) is 1. The van der Waals surface area contributed by atoms with E-state index in [1.54, 1.807) is 6.07 Å². The second-order valence-electron chi connectivity index (χ2n) is 2.74. The van der Waals surface area contributed by atoms with E-state index < -0.39 is 5.82 Å². The Kier molecular flexibility index (Phi) is 5.83. The highest BCUT2D eigenvalue weighted by Gasteiger charge is 2.07. The van der Waals surface area contributed by atoms with Gasteiger partial charge in [-0.25, -0.2) is 4.39 Å². The maximum Gasteiger partial charge on any atom is 0.173 e. The number of hydrogen-bond acceptors (Lipinski definition) is 3. The van der Waals surface area contributed by atoms with E-state index in [0.29, 0.717) is 19.0 Å². The van der Waals surface area contributed by atoms with Crippen LogP contribution in [0.4, 0.5) is 4.39 Å². The Morgan fingerprint density at radius 2 is 2.07 bits per heavy atom. The fourth-order valence-corrected chi connectivity index (χ4v) is 1.34. The molecule has 15 heavy (non-hydrogen) atoms. The van der Waals surface area contributed by atoms with E-state index >= 15 is 0 Å². The van der Waals surface area contributed by atoms with Gasteiger partial charge in [-0.2, -0.15) is 12.6 Å². The van der Waals surface area contributed by atoms with E-state index in [0.717, 1.165) is 0 Å². The van der Waals surface area contributed by atoms with Crippen molar-refractivity contribution in [2.24, 2.45) is 0 Å². The van der Waals surface area contributed by atoms with E-state index in [1.807, 2.05) is 0 Å². The standard InChI is InChI=1S/C10H12ClFO2S/c11-8-2-1-3-9(12)10(8)14-5-4-13-6-7-15/h1-3,15H,4-7H2. The molecule has 1 aromatic carbocycles. The summed E-state index contributed by atoms with van der Waals surface area (Å²) in [4.78, 5) is 0. The van der Waals surface area contributed by atoms with Gasteiger partial charge in [0.2, 0.25) is 0 Å². The zero-order valence-electron chi connectivity index (χ0n) is 8.08. The Morgan fingerprint density at radius 3 is 2.73 bits per heavy atom. The molecule has 0 aliphatic rings. The van der Waals surface area contributed by atoms with Gasteiger partial charge in [0.05, 0.1) is 18.2 Å². The quantitative estimate of drug-likeness (QED) is 0.618. The summed E-state index contributed by atoms with van der Waals surface area (Å²) in [5, 5.41) is 0.268. The smallest absolute Gasteiger partial charge is 0.173 e. The van der Waals surface area contributed by atoms with E-state index in [9.17, 15) is 4.39 Å². The third-order valence-electron chi connectivity index (χ3n) is 1.63. The van der Waals surface area contributed by atoms with Crippen LogP contribution >= 0.6 is 24.2 Å². The number of halogens is 2. The van der Waals surface area contributed by atoms with Gasteiger partial charge >= 0.3 is 0 Å². The summed E-state index contributed by atoms with van der Waals surface area (Å²) < 4.78 is 23.4. The second-order valence-corrected chi connectivity index (χ2v) is 3.59. The highest BCUT2D eigenvalue weighted by atomic mass is 35.5. The van der Waals surface area contributed by atoms with Crippen molar-refractivity contribution >= 4 is 24.2 Å². The molecule has 0 unspecified atom stereocenters. The van der Waals surface area contributed by atoms with Gasteiger partial charge in [0.1, 0.15) is 6.61 Å². The molecule has 0 N–H and O–H groups in total. The van der Waals surface area contributed by atoms with E-state index in [2.05, 4.69) is 12.6 Å². The lowest BCUT2D eigenvalue weighted by molar-refractivity contribution is 0.110. The van der Waals surface area contributed by atoms with Crippen LogP contribution < -0.4 is 4.74 Å². The lowest BCUT2D eigenvalue weighted by atomic mass is 10.3. The van der Waals surface area contributed by atoms with Crippen LogP contribution in [-0.2, 0) is 4.74 Å². The van der Waals surface area contributed by atoms with Crippen LogP contribution in [0.5, 0.6) is 5.75 Å². The molecule has 0 saturated carbocycles. The molecule has 1 rings (SSSR count). The van der Waals surface area contributed by atoms with Crippen LogP contribution in [0.1, 0.15) is 0 Å². The summed E-state index contributed by atoms with van der Waals surface area (Å²) in [5.41, 5.74) is 0. The molecule has 84 valence electrons. The van der Waals surface area contributed by atoms with Crippen molar-refractivity contribution < 1.29 is 13.9 Å². The Balaban J connectivity index is 2.37. The molecule has 0 fully saturated rings. The lowest BCUT2D eigenvalue weighted by Crippen LogP contribution is -2.09. The number of ether oxygens (including phenoxy) is 2. The van der Waals surface area contributed by atoms with E-state index in [1.165, 1.54) is 12.1 Å². The monoisotopic (exact) mass is 250 g/mol. The van der Waals surface area contributed by atoms with Gasteiger partial charge in [-0.05, 0) is 12.1 Å². The van der Waals surface area contributed by atoms with Crippen LogP contribution in [-0.4, -0.2) is 25.6 Å². The summed E-state index contributed by atoms with van der Waals surface area (Å²) in [7, 11) is 0. The zero-order valence-corrected chi connectivity index (χ0v) is 9.73. The predicted octanol–water partition coefficient (Wildman–Crippen LogP) is 2.80. The predicted molar refractivity (Wildman–Crippen MR) is 61.6 cm³/mol. The van der Waals surface area contributed by atoms with Gasteiger partial charge < -0.3 is 9.47 Å². The van der Waals surface area contributed by atoms with Crippen molar-refractivity contribution in [3.8, 4) is 5.75 Å². The largest absolute Gasteiger partial charge is 0.487 e. The van der Waals surface area contributed by atoms with Gasteiger partial charge in [-0.1, -0.05) is 17.7 Å². The van der Waals surface area contributed by atoms with Gasteiger partial charge in [-0.15, -0.1) is 0 Å². The Hall–Kier alpha value is -0.450. The van der Waals surface area contributed by atoms with Gasteiger partial charge in [0.25, 0.3) is 0 Å². The van der Waals surface area contributed by atoms with Crippen LogP contribution in [0.25, 0.3) is 0 Å². The second kappa shape index (κ2) is 6.93. The van der Waals surface area contributed by atoms with Gasteiger partial charge in [-0.3, -0.25) is 0 Å². The Labute approximate surface area is 98.7 Å². The molecule has 0 atom stereocenters. The summed E-state index contributed by atoms with van der Waals surface area (Å²) in [5.74, 6) is 0.269. The molecule has 0 saturated heterocycles. The van der Waals surface area contributed by atoms with Crippen LogP contribution in [0, 0.1) is 5.82 Å². The molecule has 0 spiro atoms. The first kappa shape index (κ1) is 12.6. The average Bonchev–Trinajstić information content (AvgIpc) is 2.21. The third kappa shape index (κ3) is 4.28. The van der Waals surface area contributed by atoms with Crippen molar-refractivity contribution in [1.82, 2.24) is 0 Å².